The highest BCUT2D eigenvalue weighted by Crippen LogP contribution is 2.42. The smallest absolute Gasteiger partial charge is 0.249 e. The summed E-state index contributed by atoms with van der Waals surface area (Å²) in [7, 11) is 0. The molecular formula is C16H28N2O2S. The number of nitrogens with one attached hydrogen (secondary N) is 1. The lowest BCUT2D eigenvalue weighted by atomic mass is 9.85. The minimum atomic E-state index is -0.666. The minimum Gasteiger partial charge on any atom is -0.340 e. The monoisotopic (exact) mass is 312 g/mol. The highest BCUT2D eigenvalue weighted by molar-refractivity contribution is 7.98. The average Bonchev–Trinajstić information content (AvgIpc) is 3.28. The van der Waals surface area contributed by atoms with Crippen molar-refractivity contribution < 1.29 is 9.59 Å². The van der Waals surface area contributed by atoms with Crippen molar-refractivity contribution in [3.8, 4) is 0 Å². The SMILES string of the molecule is CCC(C)C1C(=O)NC(C)(C2CC2)C(=O)N1CCCSC. The van der Waals surface area contributed by atoms with Crippen LogP contribution in [0.15, 0.2) is 0 Å². The Labute approximate surface area is 132 Å². The summed E-state index contributed by atoms with van der Waals surface area (Å²) in [6.07, 6.45) is 6.04. The van der Waals surface area contributed by atoms with Crippen LogP contribution in [0.4, 0.5) is 0 Å². The molecule has 120 valence electrons. The molecule has 5 heteroatoms. The summed E-state index contributed by atoms with van der Waals surface area (Å²) in [4.78, 5) is 27.5. The molecule has 1 saturated carbocycles. The van der Waals surface area contributed by atoms with E-state index in [1.165, 1.54) is 0 Å². The lowest BCUT2D eigenvalue weighted by Gasteiger charge is -2.46. The van der Waals surface area contributed by atoms with Crippen LogP contribution < -0.4 is 5.32 Å². The van der Waals surface area contributed by atoms with Gasteiger partial charge in [-0.15, -0.1) is 0 Å². The van der Waals surface area contributed by atoms with E-state index in [1.54, 1.807) is 11.8 Å². The fourth-order valence-electron chi connectivity index (χ4n) is 3.30. The minimum absolute atomic E-state index is 0.0440. The van der Waals surface area contributed by atoms with Gasteiger partial charge in [-0.2, -0.15) is 11.8 Å². The van der Waals surface area contributed by atoms with E-state index in [0.717, 1.165) is 31.4 Å². The molecule has 1 aliphatic carbocycles. The summed E-state index contributed by atoms with van der Waals surface area (Å²) in [5.74, 6) is 1.74. The van der Waals surface area contributed by atoms with Crippen LogP contribution in [0, 0.1) is 11.8 Å². The molecule has 0 aromatic carbocycles. The molecule has 2 amide bonds. The molecule has 0 radical (unpaired) electrons. The van der Waals surface area contributed by atoms with E-state index in [2.05, 4.69) is 25.4 Å². The molecule has 1 aliphatic heterocycles. The summed E-state index contributed by atoms with van der Waals surface area (Å²) in [6.45, 7) is 6.76. The molecular weight excluding hydrogens is 284 g/mol. The predicted octanol–water partition coefficient (Wildman–Crippen LogP) is 2.28. The van der Waals surface area contributed by atoms with Gasteiger partial charge in [0.25, 0.3) is 0 Å². The van der Waals surface area contributed by atoms with E-state index in [0.29, 0.717) is 12.5 Å². The van der Waals surface area contributed by atoms with Gasteiger partial charge in [0.15, 0.2) is 0 Å². The van der Waals surface area contributed by atoms with Gasteiger partial charge in [0, 0.05) is 6.54 Å². The second kappa shape index (κ2) is 6.59. The van der Waals surface area contributed by atoms with Crippen molar-refractivity contribution in [2.45, 2.75) is 58.0 Å². The molecule has 0 aromatic rings. The van der Waals surface area contributed by atoms with E-state index in [-0.39, 0.29) is 23.8 Å². The van der Waals surface area contributed by atoms with Gasteiger partial charge in [-0.3, -0.25) is 9.59 Å². The van der Waals surface area contributed by atoms with Gasteiger partial charge in [0.1, 0.15) is 11.6 Å². The molecule has 0 bridgehead atoms. The van der Waals surface area contributed by atoms with Crippen LogP contribution in [-0.2, 0) is 9.59 Å². The quantitative estimate of drug-likeness (QED) is 0.734. The number of carbonyl (C=O) groups excluding carboxylic acids is 2. The zero-order valence-electron chi connectivity index (χ0n) is 13.6. The van der Waals surface area contributed by atoms with E-state index in [9.17, 15) is 9.59 Å². The number of nitrogens with zero attached hydrogens (tertiary/aromatic N) is 1. The van der Waals surface area contributed by atoms with E-state index in [1.807, 2.05) is 11.8 Å². The standard InChI is InChI=1S/C16H28N2O2S/c1-5-11(2)13-14(19)17-16(3,12-7-8-12)15(20)18(13)9-6-10-21-4/h11-13H,5-10H2,1-4H3,(H,17,19). The summed E-state index contributed by atoms with van der Waals surface area (Å²) in [6, 6.07) is -0.295. The van der Waals surface area contributed by atoms with E-state index >= 15 is 0 Å². The van der Waals surface area contributed by atoms with Crippen molar-refractivity contribution in [1.29, 1.82) is 0 Å². The van der Waals surface area contributed by atoms with Crippen molar-refractivity contribution in [2.24, 2.45) is 11.8 Å². The lowest BCUT2D eigenvalue weighted by molar-refractivity contribution is -0.157. The van der Waals surface area contributed by atoms with Gasteiger partial charge in [-0.1, -0.05) is 20.3 Å². The van der Waals surface area contributed by atoms with E-state index in [4.69, 9.17) is 0 Å². The van der Waals surface area contributed by atoms with Gasteiger partial charge >= 0.3 is 0 Å². The lowest BCUT2D eigenvalue weighted by Crippen LogP contribution is -2.71. The number of hydrogen-bond donors (Lipinski definition) is 1. The molecule has 3 unspecified atom stereocenters. The van der Waals surface area contributed by atoms with Crippen molar-refractivity contribution in [2.75, 3.05) is 18.6 Å². The summed E-state index contributed by atoms with van der Waals surface area (Å²) in [5, 5.41) is 3.05. The number of amides is 2. The fraction of sp³-hybridized carbons (Fsp3) is 0.875. The molecule has 1 saturated heterocycles. The van der Waals surface area contributed by atoms with Crippen LogP contribution >= 0.6 is 11.8 Å². The van der Waals surface area contributed by atoms with Crippen molar-refractivity contribution >= 4 is 23.6 Å². The third kappa shape index (κ3) is 3.22. The molecule has 0 spiro atoms. The largest absolute Gasteiger partial charge is 0.340 e. The number of piperazine rings is 1. The van der Waals surface area contributed by atoms with Crippen molar-refractivity contribution in [1.82, 2.24) is 10.2 Å². The summed E-state index contributed by atoms with van der Waals surface area (Å²) >= 11 is 1.79. The second-order valence-electron chi connectivity index (χ2n) is 6.64. The first-order valence-corrected chi connectivity index (χ1v) is 9.47. The topological polar surface area (TPSA) is 49.4 Å². The number of thioether (sulfide) groups is 1. The first kappa shape index (κ1) is 16.7. The maximum Gasteiger partial charge on any atom is 0.249 e. The molecule has 21 heavy (non-hydrogen) atoms. The summed E-state index contributed by atoms with van der Waals surface area (Å²) < 4.78 is 0. The average molecular weight is 312 g/mol. The van der Waals surface area contributed by atoms with Crippen LogP contribution in [-0.4, -0.2) is 46.8 Å². The van der Waals surface area contributed by atoms with Gasteiger partial charge < -0.3 is 10.2 Å². The van der Waals surface area contributed by atoms with Gasteiger partial charge in [-0.05, 0) is 50.0 Å². The Morgan fingerprint density at radius 2 is 2.10 bits per heavy atom. The highest BCUT2D eigenvalue weighted by Gasteiger charge is 2.55. The zero-order chi connectivity index (χ0) is 15.6. The predicted molar refractivity (Wildman–Crippen MR) is 87.2 cm³/mol. The Hall–Kier alpha value is -0.710. The Balaban J connectivity index is 2.20. The fourth-order valence-corrected chi connectivity index (χ4v) is 3.71. The maximum absolute atomic E-state index is 13.0. The molecule has 0 aromatic heterocycles. The Morgan fingerprint density at radius 3 is 2.62 bits per heavy atom. The number of rotatable bonds is 7. The Morgan fingerprint density at radius 1 is 1.43 bits per heavy atom. The zero-order valence-corrected chi connectivity index (χ0v) is 14.5. The van der Waals surface area contributed by atoms with Crippen LogP contribution in [0.25, 0.3) is 0 Å². The molecule has 1 N–H and O–H groups in total. The van der Waals surface area contributed by atoms with Crippen LogP contribution in [0.3, 0.4) is 0 Å². The molecule has 2 rings (SSSR count). The van der Waals surface area contributed by atoms with Crippen LogP contribution in [0.2, 0.25) is 0 Å². The highest BCUT2D eigenvalue weighted by atomic mass is 32.2. The number of hydrogen-bond acceptors (Lipinski definition) is 3. The normalized spacial score (nSPS) is 31.2. The third-order valence-corrected chi connectivity index (χ3v) is 5.71. The molecule has 1 heterocycles. The van der Waals surface area contributed by atoms with Gasteiger partial charge in [-0.25, -0.2) is 0 Å². The maximum atomic E-state index is 13.0. The van der Waals surface area contributed by atoms with Crippen LogP contribution in [0.1, 0.15) is 46.5 Å². The molecule has 2 aliphatic rings. The van der Waals surface area contributed by atoms with Crippen LogP contribution in [0.5, 0.6) is 0 Å². The first-order chi connectivity index (χ1) is 9.95. The van der Waals surface area contributed by atoms with Gasteiger partial charge in [0.05, 0.1) is 0 Å². The molecule has 2 fully saturated rings. The second-order valence-corrected chi connectivity index (χ2v) is 7.63. The molecule has 3 atom stereocenters. The van der Waals surface area contributed by atoms with Gasteiger partial charge in [0.2, 0.25) is 11.8 Å². The number of carbonyl (C=O) groups is 2. The van der Waals surface area contributed by atoms with Crippen molar-refractivity contribution in [3.05, 3.63) is 0 Å². The third-order valence-electron chi connectivity index (χ3n) is 5.02. The Bertz CT molecular complexity index is 411. The van der Waals surface area contributed by atoms with E-state index < -0.39 is 5.54 Å². The Kier molecular flexibility index (Phi) is 5.23. The first-order valence-electron chi connectivity index (χ1n) is 8.07. The van der Waals surface area contributed by atoms with Crippen molar-refractivity contribution in [3.63, 3.8) is 0 Å². The summed E-state index contributed by atoms with van der Waals surface area (Å²) in [5.41, 5.74) is -0.666. The molecule has 4 nitrogen and oxygen atoms in total.